The topological polar surface area (TPSA) is 60.8 Å². The van der Waals surface area contributed by atoms with E-state index in [4.69, 9.17) is 4.99 Å². The molecule has 134 valence electrons. The van der Waals surface area contributed by atoms with E-state index in [1.807, 2.05) is 4.90 Å². The molecule has 0 aromatic carbocycles. The van der Waals surface area contributed by atoms with Crippen LogP contribution in [0.5, 0.6) is 0 Å². The third kappa shape index (κ3) is 5.19. The highest BCUT2D eigenvalue weighted by molar-refractivity contribution is 7.09. The molecule has 0 radical (unpaired) electrons. The number of piperazine rings is 1. The zero-order valence-corrected chi connectivity index (χ0v) is 16.0. The summed E-state index contributed by atoms with van der Waals surface area (Å²) in [6.07, 6.45) is 0.867. The normalized spacial score (nSPS) is 16.0. The van der Waals surface area contributed by atoms with Gasteiger partial charge in [0.25, 0.3) is 0 Å². The third-order valence-electron chi connectivity index (χ3n) is 4.05. The first-order valence-corrected chi connectivity index (χ1v) is 9.62. The van der Waals surface area contributed by atoms with E-state index >= 15 is 0 Å². The number of guanidine groups is 1. The van der Waals surface area contributed by atoms with Crippen LogP contribution in [0.1, 0.15) is 44.3 Å². The molecule has 2 rings (SSSR count). The maximum Gasteiger partial charge on any atom is 0.219 e. The van der Waals surface area contributed by atoms with Gasteiger partial charge in [-0.1, -0.05) is 13.8 Å². The molecule has 1 aliphatic heterocycles. The molecule has 2 heterocycles. The van der Waals surface area contributed by atoms with Crippen molar-refractivity contribution >= 4 is 23.2 Å². The fourth-order valence-corrected chi connectivity index (χ4v) is 3.51. The van der Waals surface area contributed by atoms with Crippen molar-refractivity contribution in [2.24, 2.45) is 4.99 Å². The van der Waals surface area contributed by atoms with Gasteiger partial charge in [0.1, 0.15) is 0 Å². The summed E-state index contributed by atoms with van der Waals surface area (Å²) in [5.74, 6) is 1.59. The summed E-state index contributed by atoms with van der Waals surface area (Å²) >= 11 is 1.73. The summed E-state index contributed by atoms with van der Waals surface area (Å²) in [5.41, 5.74) is 1.13. The second kappa shape index (κ2) is 9.01. The molecule has 0 aliphatic carbocycles. The van der Waals surface area contributed by atoms with Crippen molar-refractivity contribution in [3.8, 4) is 0 Å². The van der Waals surface area contributed by atoms with Gasteiger partial charge in [0, 0.05) is 63.9 Å². The number of carbonyl (C=O) groups is 1. The minimum atomic E-state index is 0.154. The van der Waals surface area contributed by atoms with Crippen LogP contribution in [0, 0.1) is 0 Å². The van der Waals surface area contributed by atoms with Crippen LogP contribution in [0.2, 0.25) is 0 Å². The lowest BCUT2D eigenvalue weighted by Crippen LogP contribution is -2.53. The number of hydrogen-bond donors (Lipinski definition) is 1. The van der Waals surface area contributed by atoms with Gasteiger partial charge in [0.15, 0.2) is 5.96 Å². The third-order valence-corrected chi connectivity index (χ3v) is 5.25. The average Bonchev–Trinajstić information content (AvgIpc) is 3.03. The van der Waals surface area contributed by atoms with Gasteiger partial charge in [-0.2, -0.15) is 0 Å². The molecule has 0 spiro atoms. The van der Waals surface area contributed by atoms with Gasteiger partial charge >= 0.3 is 0 Å². The van der Waals surface area contributed by atoms with Crippen LogP contribution < -0.4 is 5.32 Å². The van der Waals surface area contributed by atoms with Crippen LogP contribution in [0.3, 0.4) is 0 Å². The van der Waals surface area contributed by atoms with Crippen molar-refractivity contribution in [2.45, 2.75) is 40.0 Å². The standard InChI is InChI=1S/C17H29N5OS/c1-5-18-17(22-10-8-21(9-11-22)14(4)23)19-7-6-15-12-24-16(20-15)13(2)3/h12-13H,5-11H2,1-4H3,(H,18,19). The van der Waals surface area contributed by atoms with E-state index in [9.17, 15) is 4.79 Å². The number of nitrogens with zero attached hydrogens (tertiary/aromatic N) is 4. The number of aromatic nitrogens is 1. The Morgan fingerprint density at radius 2 is 2.00 bits per heavy atom. The van der Waals surface area contributed by atoms with E-state index in [2.05, 4.69) is 41.4 Å². The zero-order valence-electron chi connectivity index (χ0n) is 15.2. The van der Waals surface area contributed by atoms with Gasteiger partial charge in [0.2, 0.25) is 5.91 Å². The minimum absolute atomic E-state index is 0.154. The maximum atomic E-state index is 11.4. The monoisotopic (exact) mass is 351 g/mol. The van der Waals surface area contributed by atoms with Gasteiger partial charge in [-0.3, -0.25) is 9.79 Å². The number of aliphatic imine (C=N–C) groups is 1. The number of nitrogens with one attached hydrogen (secondary N) is 1. The Hall–Kier alpha value is -1.63. The molecule has 1 aromatic rings. The molecule has 6 nitrogen and oxygen atoms in total. The van der Waals surface area contributed by atoms with Crippen LogP contribution in [0.4, 0.5) is 0 Å². The lowest BCUT2D eigenvalue weighted by Gasteiger charge is -2.36. The molecule has 1 aliphatic rings. The Labute approximate surface area is 149 Å². The quantitative estimate of drug-likeness (QED) is 0.650. The molecular weight excluding hydrogens is 322 g/mol. The molecule has 1 fully saturated rings. The van der Waals surface area contributed by atoms with Gasteiger partial charge < -0.3 is 15.1 Å². The number of hydrogen-bond acceptors (Lipinski definition) is 4. The van der Waals surface area contributed by atoms with Crippen LogP contribution in [-0.4, -0.2) is 65.9 Å². The van der Waals surface area contributed by atoms with Crippen LogP contribution in [-0.2, 0) is 11.2 Å². The largest absolute Gasteiger partial charge is 0.357 e. The van der Waals surface area contributed by atoms with Crippen molar-refractivity contribution in [3.05, 3.63) is 16.1 Å². The van der Waals surface area contributed by atoms with Crippen LogP contribution in [0.25, 0.3) is 0 Å². The second-order valence-electron chi connectivity index (χ2n) is 6.31. The predicted molar refractivity (Wildman–Crippen MR) is 99.7 cm³/mol. The molecule has 0 atom stereocenters. The van der Waals surface area contributed by atoms with E-state index in [1.165, 1.54) is 5.01 Å². The van der Waals surface area contributed by atoms with Crippen molar-refractivity contribution in [3.63, 3.8) is 0 Å². The van der Waals surface area contributed by atoms with Gasteiger partial charge in [-0.15, -0.1) is 11.3 Å². The Morgan fingerprint density at radius 3 is 2.54 bits per heavy atom. The smallest absolute Gasteiger partial charge is 0.219 e. The summed E-state index contributed by atoms with van der Waals surface area (Å²) < 4.78 is 0. The minimum Gasteiger partial charge on any atom is -0.357 e. The van der Waals surface area contributed by atoms with Crippen LogP contribution >= 0.6 is 11.3 Å². The molecule has 0 unspecified atom stereocenters. The van der Waals surface area contributed by atoms with Gasteiger partial charge in [-0.05, 0) is 6.92 Å². The molecule has 0 bridgehead atoms. The van der Waals surface area contributed by atoms with Crippen molar-refractivity contribution in [2.75, 3.05) is 39.3 Å². The van der Waals surface area contributed by atoms with E-state index in [-0.39, 0.29) is 5.91 Å². The molecule has 1 aromatic heterocycles. The molecule has 7 heteroatoms. The Kier molecular flexibility index (Phi) is 7.02. The summed E-state index contributed by atoms with van der Waals surface area (Å²) in [7, 11) is 0. The Bertz CT molecular complexity index is 561. The lowest BCUT2D eigenvalue weighted by atomic mass is 10.2. The molecule has 0 saturated carbocycles. The fourth-order valence-electron chi connectivity index (χ4n) is 2.64. The van der Waals surface area contributed by atoms with Crippen molar-refractivity contribution < 1.29 is 4.79 Å². The SMILES string of the molecule is CCNC(=NCCc1csc(C(C)C)n1)N1CCN(C(C)=O)CC1. The Morgan fingerprint density at radius 1 is 1.33 bits per heavy atom. The second-order valence-corrected chi connectivity index (χ2v) is 7.20. The molecule has 1 N–H and O–H groups in total. The first kappa shape index (κ1) is 18.7. The summed E-state index contributed by atoms with van der Waals surface area (Å²) in [5, 5.41) is 6.70. The summed E-state index contributed by atoms with van der Waals surface area (Å²) in [6, 6.07) is 0. The van der Waals surface area contributed by atoms with Crippen molar-refractivity contribution in [1.29, 1.82) is 0 Å². The summed E-state index contributed by atoms with van der Waals surface area (Å²) in [4.78, 5) is 25.0. The van der Waals surface area contributed by atoms with E-state index in [0.29, 0.717) is 5.92 Å². The molecule has 1 saturated heterocycles. The predicted octanol–water partition coefficient (Wildman–Crippen LogP) is 1.94. The average molecular weight is 352 g/mol. The van der Waals surface area contributed by atoms with E-state index in [1.54, 1.807) is 18.3 Å². The highest BCUT2D eigenvalue weighted by atomic mass is 32.1. The Balaban J connectivity index is 1.89. The highest BCUT2D eigenvalue weighted by Crippen LogP contribution is 2.19. The number of rotatable bonds is 5. The highest BCUT2D eigenvalue weighted by Gasteiger charge is 2.20. The van der Waals surface area contributed by atoms with E-state index in [0.717, 1.165) is 57.3 Å². The summed E-state index contributed by atoms with van der Waals surface area (Å²) in [6.45, 7) is 12.8. The first-order valence-electron chi connectivity index (χ1n) is 8.74. The van der Waals surface area contributed by atoms with Crippen molar-refractivity contribution in [1.82, 2.24) is 20.1 Å². The van der Waals surface area contributed by atoms with E-state index < -0.39 is 0 Å². The van der Waals surface area contributed by atoms with Gasteiger partial charge in [-0.25, -0.2) is 4.98 Å². The zero-order chi connectivity index (χ0) is 17.5. The first-order chi connectivity index (χ1) is 11.5. The molecule has 24 heavy (non-hydrogen) atoms. The number of amides is 1. The number of thiazole rings is 1. The lowest BCUT2D eigenvalue weighted by molar-refractivity contribution is -0.130. The van der Waals surface area contributed by atoms with Gasteiger partial charge in [0.05, 0.1) is 10.7 Å². The fraction of sp³-hybridized carbons (Fsp3) is 0.706. The molecule has 1 amide bonds. The maximum absolute atomic E-state index is 11.4. The number of carbonyl (C=O) groups excluding carboxylic acids is 1. The molecular formula is C17H29N5OS. The van der Waals surface area contributed by atoms with Crippen LogP contribution in [0.15, 0.2) is 10.4 Å².